The van der Waals surface area contributed by atoms with E-state index in [-0.39, 0.29) is 0 Å². The molecule has 0 radical (unpaired) electrons. The Bertz CT molecular complexity index is 216. The van der Waals surface area contributed by atoms with Crippen LogP contribution in [-0.4, -0.2) is 13.2 Å². The van der Waals surface area contributed by atoms with Crippen LogP contribution < -0.4 is 0 Å². The van der Waals surface area contributed by atoms with Crippen molar-refractivity contribution >= 4 is 0 Å². The summed E-state index contributed by atoms with van der Waals surface area (Å²) in [4.78, 5) is 0. The second kappa shape index (κ2) is 2.61. The van der Waals surface area contributed by atoms with Gasteiger partial charge in [0.15, 0.2) is 11.5 Å². The fourth-order valence-electron chi connectivity index (χ4n) is 1.35. The fraction of sp³-hybridized carbons (Fsp3) is 0.556. The molecular weight excluding hydrogens is 140 g/mol. The van der Waals surface area contributed by atoms with Crippen molar-refractivity contribution in [1.82, 2.24) is 0 Å². The summed E-state index contributed by atoms with van der Waals surface area (Å²) in [5.41, 5.74) is 0. The molecule has 1 saturated heterocycles. The molecule has 1 heterocycles. The van der Waals surface area contributed by atoms with Crippen LogP contribution in [0.5, 0.6) is 0 Å². The van der Waals surface area contributed by atoms with Gasteiger partial charge in [0.05, 0.1) is 0 Å². The minimum atomic E-state index is 0.593. The lowest BCUT2D eigenvalue weighted by molar-refractivity contribution is 0.0557. The molecule has 0 N–H and O–H groups in total. The molecule has 0 aromatic carbocycles. The van der Waals surface area contributed by atoms with Gasteiger partial charge in [0.25, 0.3) is 0 Å². The van der Waals surface area contributed by atoms with E-state index in [1.165, 1.54) is 0 Å². The van der Waals surface area contributed by atoms with E-state index in [1.54, 1.807) is 0 Å². The molecule has 2 aliphatic rings. The lowest BCUT2D eigenvalue weighted by atomic mass is 10.0. The van der Waals surface area contributed by atoms with E-state index in [4.69, 9.17) is 9.47 Å². The quantitative estimate of drug-likeness (QED) is 0.527. The summed E-state index contributed by atoms with van der Waals surface area (Å²) >= 11 is 0. The van der Waals surface area contributed by atoms with Crippen molar-refractivity contribution in [3.05, 3.63) is 23.7 Å². The van der Waals surface area contributed by atoms with Gasteiger partial charge in [0.2, 0.25) is 0 Å². The van der Waals surface area contributed by atoms with Gasteiger partial charge >= 0.3 is 0 Å². The lowest BCUT2D eigenvalue weighted by Crippen LogP contribution is -2.17. The van der Waals surface area contributed by atoms with E-state index in [0.717, 1.165) is 17.9 Å². The van der Waals surface area contributed by atoms with Crippen molar-refractivity contribution in [1.29, 1.82) is 0 Å². The number of allylic oxidation sites excluding steroid dienone is 2. The van der Waals surface area contributed by atoms with E-state index < -0.39 is 0 Å². The molecule has 2 rings (SSSR count). The Kier molecular flexibility index (Phi) is 1.60. The zero-order valence-corrected chi connectivity index (χ0v) is 6.67. The SMILES string of the molecule is CC1C=C2OCCOC2=CC1. The van der Waals surface area contributed by atoms with Crippen LogP contribution in [0.2, 0.25) is 0 Å². The first kappa shape index (κ1) is 6.77. The monoisotopic (exact) mass is 152 g/mol. The Hall–Kier alpha value is -0.920. The van der Waals surface area contributed by atoms with Gasteiger partial charge in [-0.25, -0.2) is 0 Å². The van der Waals surface area contributed by atoms with E-state index in [1.807, 2.05) is 0 Å². The van der Waals surface area contributed by atoms with Crippen LogP contribution in [0.1, 0.15) is 13.3 Å². The highest BCUT2D eigenvalue weighted by atomic mass is 16.6. The summed E-state index contributed by atoms with van der Waals surface area (Å²) in [6, 6.07) is 0. The number of ether oxygens (including phenoxy) is 2. The lowest BCUT2D eigenvalue weighted by Gasteiger charge is -2.24. The standard InChI is InChI=1S/C9H12O2/c1-7-2-3-8-9(6-7)11-5-4-10-8/h3,6-7H,2,4-5H2,1H3. The molecule has 1 aliphatic heterocycles. The highest BCUT2D eigenvalue weighted by molar-refractivity contribution is 5.25. The van der Waals surface area contributed by atoms with Crippen molar-refractivity contribution in [2.75, 3.05) is 13.2 Å². The Morgan fingerprint density at radius 3 is 2.82 bits per heavy atom. The Morgan fingerprint density at radius 2 is 2.00 bits per heavy atom. The number of rotatable bonds is 0. The molecule has 1 unspecified atom stereocenters. The molecule has 0 spiro atoms. The second-order valence-corrected chi connectivity index (χ2v) is 3.01. The van der Waals surface area contributed by atoms with Gasteiger partial charge < -0.3 is 9.47 Å². The summed E-state index contributed by atoms with van der Waals surface area (Å²) in [5.74, 6) is 2.47. The van der Waals surface area contributed by atoms with Crippen LogP contribution in [0.15, 0.2) is 23.7 Å². The van der Waals surface area contributed by atoms with Gasteiger partial charge in [0.1, 0.15) is 13.2 Å². The predicted octanol–water partition coefficient (Wildman–Crippen LogP) is 1.84. The van der Waals surface area contributed by atoms with E-state index in [2.05, 4.69) is 19.1 Å². The normalized spacial score (nSPS) is 29.0. The Morgan fingerprint density at radius 1 is 1.27 bits per heavy atom. The molecule has 1 fully saturated rings. The van der Waals surface area contributed by atoms with Crippen molar-refractivity contribution in [3.63, 3.8) is 0 Å². The van der Waals surface area contributed by atoms with Gasteiger partial charge in [-0.05, 0) is 24.5 Å². The van der Waals surface area contributed by atoms with E-state index in [9.17, 15) is 0 Å². The van der Waals surface area contributed by atoms with Crippen LogP contribution in [0.25, 0.3) is 0 Å². The third-order valence-corrected chi connectivity index (χ3v) is 1.95. The Balaban J connectivity index is 2.19. The second-order valence-electron chi connectivity index (χ2n) is 3.01. The third kappa shape index (κ3) is 1.25. The minimum absolute atomic E-state index is 0.593. The highest BCUT2D eigenvalue weighted by Gasteiger charge is 2.18. The van der Waals surface area contributed by atoms with Crippen molar-refractivity contribution in [2.24, 2.45) is 5.92 Å². The molecule has 0 bridgehead atoms. The Labute approximate surface area is 66.5 Å². The van der Waals surface area contributed by atoms with Gasteiger partial charge in [-0.15, -0.1) is 0 Å². The molecule has 2 heteroatoms. The number of hydrogen-bond donors (Lipinski definition) is 0. The molecule has 2 nitrogen and oxygen atoms in total. The first-order valence-corrected chi connectivity index (χ1v) is 4.04. The van der Waals surface area contributed by atoms with Gasteiger partial charge in [-0.3, -0.25) is 0 Å². The molecule has 0 aromatic heterocycles. The van der Waals surface area contributed by atoms with Crippen molar-refractivity contribution in [2.45, 2.75) is 13.3 Å². The largest absolute Gasteiger partial charge is 0.486 e. The molecule has 1 atom stereocenters. The van der Waals surface area contributed by atoms with Crippen molar-refractivity contribution < 1.29 is 9.47 Å². The van der Waals surface area contributed by atoms with Crippen LogP contribution in [0.4, 0.5) is 0 Å². The van der Waals surface area contributed by atoms with Crippen LogP contribution >= 0.6 is 0 Å². The molecule has 0 amide bonds. The minimum Gasteiger partial charge on any atom is -0.486 e. The zero-order valence-electron chi connectivity index (χ0n) is 6.67. The summed E-state index contributed by atoms with van der Waals surface area (Å²) in [7, 11) is 0. The van der Waals surface area contributed by atoms with E-state index in [0.29, 0.717) is 19.1 Å². The predicted molar refractivity (Wildman–Crippen MR) is 41.9 cm³/mol. The summed E-state index contributed by atoms with van der Waals surface area (Å²) in [6.45, 7) is 3.56. The average Bonchev–Trinajstić information content (AvgIpc) is 2.04. The first-order valence-electron chi connectivity index (χ1n) is 4.04. The number of hydrogen-bond acceptors (Lipinski definition) is 2. The van der Waals surface area contributed by atoms with Crippen LogP contribution in [-0.2, 0) is 9.47 Å². The smallest absolute Gasteiger partial charge is 0.157 e. The van der Waals surface area contributed by atoms with Crippen LogP contribution in [0.3, 0.4) is 0 Å². The number of fused-ring (bicyclic) bond motifs is 1. The highest BCUT2D eigenvalue weighted by Crippen LogP contribution is 2.26. The maximum Gasteiger partial charge on any atom is 0.157 e. The summed E-state index contributed by atoms with van der Waals surface area (Å²) in [5, 5.41) is 0. The van der Waals surface area contributed by atoms with Gasteiger partial charge in [0, 0.05) is 0 Å². The molecule has 1 aliphatic carbocycles. The summed E-state index contributed by atoms with van der Waals surface area (Å²) in [6.07, 6.45) is 5.32. The van der Waals surface area contributed by atoms with Crippen LogP contribution in [0, 0.1) is 5.92 Å². The fourth-order valence-corrected chi connectivity index (χ4v) is 1.35. The molecule has 0 saturated carbocycles. The molecule has 11 heavy (non-hydrogen) atoms. The average molecular weight is 152 g/mol. The third-order valence-electron chi connectivity index (χ3n) is 1.95. The van der Waals surface area contributed by atoms with Gasteiger partial charge in [-0.1, -0.05) is 6.92 Å². The first-order chi connectivity index (χ1) is 5.36. The van der Waals surface area contributed by atoms with E-state index >= 15 is 0 Å². The maximum absolute atomic E-state index is 5.42. The van der Waals surface area contributed by atoms with Crippen molar-refractivity contribution in [3.8, 4) is 0 Å². The van der Waals surface area contributed by atoms with Gasteiger partial charge in [-0.2, -0.15) is 0 Å². The molecule has 60 valence electrons. The maximum atomic E-state index is 5.42. The topological polar surface area (TPSA) is 18.5 Å². The molecular formula is C9H12O2. The molecule has 0 aromatic rings. The zero-order chi connectivity index (χ0) is 7.68. The summed E-state index contributed by atoms with van der Waals surface area (Å²) < 4.78 is 10.8.